The number of hydrogen-bond donors (Lipinski definition) is 1. The second kappa shape index (κ2) is 5.76. The summed E-state index contributed by atoms with van der Waals surface area (Å²) >= 11 is 0. The summed E-state index contributed by atoms with van der Waals surface area (Å²) in [5.41, 5.74) is 1.08. The lowest BCUT2D eigenvalue weighted by Gasteiger charge is -2.45. The molecule has 112 valence electrons. The molecule has 1 N–H and O–H groups in total. The highest BCUT2D eigenvalue weighted by atomic mass is 15.0. The zero-order chi connectivity index (χ0) is 14.1. The van der Waals surface area contributed by atoms with E-state index >= 15 is 0 Å². The highest BCUT2D eigenvalue weighted by molar-refractivity contribution is 5.12. The van der Waals surface area contributed by atoms with Crippen molar-refractivity contribution in [1.82, 2.24) is 5.32 Å². The molecule has 0 aliphatic heterocycles. The van der Waals surface area contributed by atoms with Gasteiger partial charge in [0.1, 0.15) is 0 Å². The Labute approximate surface area is 120 Å². The smallest absolute Gasteiger partial charge is 0.0177 e. The Hall–Kier alpha value is -0.0400. The van der Waals surface area contributed by atoms with Crippen LogP contribution in [-0.4, -0.2) is 12.1 Å². The van der Waals surface area contributed by atoms with E-state index in [2.05, 4.69) is 39.9 Å². The van der Waals surface area contributed by atoms with Crippen LogP contribution >= 0.6 is 0 Å². The molecule has 0 amide bonds. The molecule has 0 aromatic rings. The third-order valence-corrected chi connectivity index (χ3v) is 6.22. The summed E-state index contributed by atoms with van der Waals surface area (Å²) in [7, 11) is 0. The maximum atomic E-state index is 4.11. The van der Waals surface area contributed by atoms with E-state index in [1.807, 2.05) is 0 Å². The molecule has 2 rings (SSSR count). The molecular formula is C18H35N. The Kier molecular flexibility index (Phi) is 4.65. The predicted molar refractivity (Wildman–Crippen MR) is 84.4 cm³/mol. The van der Waals surface area contributed by atoms with Crippen molar-refractivity contribution in [2.45, 2.75) is 98.1 Å². The van der Waals surface area contributed by atoms with Gasteiger partial charge in [-0.1, -0.05) is 53.9 Å². The minimum absolute atomic E-state index is 0.505. The fraction of sp³-hybridized carbons (Fsp3) is 1.00. The molecule has 0 radical (unpaired) electrons. The summed E-state index contributed by atoms with van der Waals surface area (Å²) in [5, 5.41) is 4.11. The summed E-state index contributed by atoms with van der Waals surface area (Å²) in [4.78, 5) is 0. The zero-order valence-electron chi connectivity index (χ0n) is 13.9. The van der Waals surface area contributed by atoms with Gasteiger partial charge in [-0.3, -0.25) is 0 Å². The van der Waals surface area contributed by atoms with E-state index in [0.29, 0.717) is 10.8 Å². The highest BCUT2D eigenvalue weighted by Crippen LogP contribution is 2.62. The first kappa shape index (κ1) is 15.4. The van der Waals surface area contributed by atoms with Gasteiger partial charge in [-0.05, 0) is 48.9 Å². The molecule has 2 fully saturated rings. The van der Waals surface area contributed by atoms with Gasteiger partial charge in [0.15, 0.2) is 0 Å². The van der Waals surface area contributed by atoms with Crippen molar-refractivity contribution in [2.24, 2.45) is 16.7 Å². The van der Waals surface area contributed by atoms with E-state index in [-0.39, 0.29) is 0 Å². The molecule has 0 heterocycles. The van der Waals surface area contributed by atoms with E-state index in [1.165, 1.54) is 51.4 Å². The van der Waals surface area contributed by atoms with Gasteiger partial charge < -0.3 is 5.32 Å². The molecule has 2 unspecified atom stereocenters. The van der Waals surface area contributed by atoms with Crippen LogP contribution in [-0.2, 0) is 0 Å². The molecule has 0 spiro atoms. The van der Waals surface area contributed by atoms with Crippen LogP contribution in [0.2, 0.25) is 0 Å². The van der Waals surface area contributed by atoms with Crippen molar-refractivity contribution in [1.29, 1.82) is 0 Å². The average molecular weight is 265 g/mol. The minimum Gasteiger partial charge on any atom is -0.310 e. The second-order valence-electron chi connectivity index (χ2n) is 8.14. The number of hydrogen-bond acceptors (Lipinski definition) is 1. The van der Waals surface area contributed by atoms with Crippen molar-refractivity contribution < 1.29 is 0 Å². The van der Waals surface area contributed by atoms with E-state index in [0.717, 1.165) is 18.0 Å². The van der Waals surface area contributed by atoms with E-state index in [1.54, 1.807) is 0 Å². The van der Waals surface area contributed by atoms with Crippen LogP contribution in [0.1, 0.15) is 86.0 Å². The molecule has 2 bridgehead atoms. The Morgan fingerprint density at radius 3 is 2.37 bits per heavy atom. The van der Waals surface area contributed by atoms with Gasteiger partial charge in [-0.25, -0.2) is 0 Å². The first-order chi connectivity index (χ1) is 8.94. The molecule has 19 heavy (non-hydrogen) atoms. The molecule has 2 aliphatic carbocycles. The summed E-state index contributed by atoms with van der Waals surface area (Å²) in [6.07, 6.45) is 11.1. The largest absolute Gasteiger partial charge is 0.310 e. The second-order valence-corrected chi connectivity index (χ2v) is 8.14. The Morgan fingerprint density at radius 1 is 1.11 bits per heavy atom. The summed E-state index contributed by atoms with van der Waals surface area (Å²) in [6.45, 7) is 12.2. The lowest BCUT2D eigenvalue weighted by Crippen LogP contribution is -2.53. The van der Waals surface area contributed by atoms with Crippen LogP contribution < -0.4 is 5.32 Å². The summed E-state index contributed by atoms with van der Waals surface area (Å²) < 4.78 is 0. The molecule has 2 aliphatic rings. The molecule has 4 atom stereocenters. The van der Waals surface area contributed by atoms with Crippen molar-refractivity contribution >= 4 is 0 Å². The molecule has 0 aromatic heterocycles. The first-order valence-corrected chi connectivity index (χ1v) is 8.70. The van der Waals surface area contributed by atoms with Gasteiger partial charge >= 0.3 is 0 Å². The van der Waals surface area contributed by atoms with Gasteiger partial charge in [0.25, 0.3) is 0 Å². The standard InChI is InChI=1S/C18H35N/c1-6-8-10-15(9-7-2)19-16-17(3,4)14-11-12-18(16,5)13-14/h14-16,19H,6-13H2,1-5H3/t14-,15?,16?,18+/m0/s1. The zero-order valence-corrected chi connectivity index (χ0v) is 13.9. The van der Waals surface area contributed by atoms with Crippen LogP contribution in [0.5, 0.6) is 0 Å². The summed E-state index contributed by atoms with van der Waals surface area (Å²) in [5.74, 6) is 0.962. The third kappa shape index (κ3) is 2.86. The van der Waals surface area contributed by atoms with Crippen molar-refractivity contribution in [3.8, 4) is 0 Å². The molecule has 1 heteroatoms. The number of rotatable bonds is 7. The fourth-order valence-corrected chi connectivity index (χ4v) is 5.06. The number of unbranched alkanes of at least 4 members (excludes halogenated alkanes) is 1. The van der Waals surface area contributed by atoms with Crippen LogP contribution in [0.15, 0.2) is 0 Å². The minimum atomic E-state index is 0.505. The topological polar surface area (TPSA) is 12.0 Å². The molecular weight excluding hydrogens is 230 g/mol. The van der Waals surface area contributed by atoms with Crippen LogP contribution in [0, 0.1) is 16.7 Å². The Bertz CT molecular complexity index is 291. The van der Waals surface area contributed by atoms with Gasteiger partial charge in [-0.2, -0.15) is 0 Å². The third-order valence-electron chi connectivity index (χ3n) is 6.22. The quantitative estimate of drug-likeness (QED) is 0.671. The molecule has 0 aromatic carbocycles. The monoisotopic (exact) mass is 265 g/mol. The Morgan fingerprint density at radius 2 is 1.84 bits per heavy atom. The SMILES string of the molecule is CCCCC(CCC)NC1C(C)(C)[C@H]2CC[C@]1(C)C2. The van der Waals surface area contributed by atoms with Gasteiger partial charge in [0.2, 0.25) is 0 Å². The maximum absolute atomic E-state index is 4.11. The van der Waals surface area contributed by atoms with E-state index in [9.17, 15) is 0 Å². The maximum Gasteiger partial charge on any atom is 0.0177 e. The lowest BCUT2D eigenvalue weighted by molar-refractivity contribution is 0.0952. The van der Waals surface area contributed by atoms with Crippen molar-refractivity contribution in [3.63, 3.8) is 0 Å². The predicted octanol–water partition coefficient (Wildman–Crippen LogP) is 5.15. The van der Waals surface area contributed by atoms with Gasteiger partial charge in [-0.15, -0.1) is 0 Å². The van der Waals surface area contributed by atoms with Crippen LogP contribution in [0.3, 0.4) is 0 Å². The van der Waals surface area contributed by atoms with Crippen LogP contribution in [0.4, 0.5) is 0 Å². The summed E-state index contributed by atoms with van der Waals surface area (Å²) in [6, 6.07) is 1.50. The average Bonchev–Trinajstić information content (AvgIpc) is 2.82. The van der Waals surface area contributed by atoms with Crippen molar-refractivity contribution in [2.75, 3.05) is 0 Å². The van der Waals surface area contributed by atoms with E-state index in [4.69, 9.17) is 0 Å². The lowest BCUT2D eigenvalue weighted by atomic mass is 9.68. The molecule has 1 nitrogen and oxygen atoms in total. The normalized spacial score (nSPS) is 37.7. The number of nitrogens with one attached hydrogen (secondary N) is 1. The van der Waals surface area contributed by atoms with Crippen LogP contribution in [0.25, 0.3) is 0 Å². The van der Waals surface area contributed by atoms with E-state index < -0.39 is 0 Å². The Balaban J connectivity index is 2.03. The van der Waals surface area contributed by atoms with Gasteiger partial charge in [0.05, 0.1) is 0 Å². The molecule has 2 saturated carbocycles. The first-order valence-electron chi connectivity index (χ1n) is 8.70. The fourth-order valence-electron chi connectivity index (χ4n) is 5.06. The van der Waals surface area contributed by atoms with Crippen molar-refractivity contribution in [3.05, 3.63) is 0 Å². The molecule has 0 saturated heterocycles. The highest BCUT2D eigenvalue weighted by Gasteiger charge is 2.59. The van der Waals surface area contributed by atoms with Gasteiger partial charge in [0, 0.05) is 12.1 Å². The number of fused-ring (bicyclic) bond motifs is 2.